The van der Waals surface area contributed by atoms with Crippen LogP contribution in [0.2, 0.25) is 0 Å². The summed E-state index contributed by atoms with van der Waals surface area (Å²) in [5, 5.41) is 3.32. The van der Waals surface area contributed by atoms with Crippen LogP contribution in [0.15, 0.2) is 18.2 Å². The largest absolute Gasteiger partial charge is 0.313 e. The Bertz CT molecular complexity index is 253. The summed E-state index contributed by atoms with van der Waals surface area (Å²) in [6.45, 7) is 8.45. The van der Waals surface area contributed by atoms with Gasteiger partial charge in [-0.1, -0.05) is 30.7 Å². The molecule has 0 aliphatic heterocycles. The Labute approximate surface area is 74.8 Å². The molecule has 0 unspecified atom stereocenters. The van der Waals surface area contributed by atoms with Gasteiger partial charge in [0.05, 0.1) is 0 Å². The maximum atomic E-state index is 3.32. The summed E-state index contributed by atoms with van der Waals surface area (Å²) in [5.74, 6) is 0. The number of rotatable bonds is 3. The molecule has 1 rings (SSSR count). The lowest BCUT2D eigenvalue weighted by atomic mass is 10.1. The van der Waals surface area contributed by atoms with E-state index in [1.54, 1.807) is 0 Å². The smallest absolute Gasteiger partial charge is 0.0208 e. The van der Waals surface area contributed by atoms with Crippen LogP contribution in [0.5, 0.6) is 0 Å². The highest BCUT2D eigenvalue weighted by Gasteiger charge is 1.96. The number of benzene rings is 1. The Hall–Kier alpha value is -0.820. The number of nitrogens with one attached hydrogen (secondary N) is 1. The summed E-state index contributed by atoms with van der Waals surface area (Å²) in [6, 6.07) is 6.60. The molecular formula is C11H17N. The minimum absolute atomic E-state index is 0.989. The maximum Gasteiger partial charge on any atom is 0.0208 e. The molecule has 0 aromatic heterocycles. The second-order valence-corrected chi connectivity index (χ2v) is 3.21. The standard InChI is InChI=1S/C11H17N/c1-4-12-8-11-6-5-9(2)7-10(11)3/h5-7,12H,4,8H2,1-3H3. The third kappa shape index (κ3) is 2.35. The highest BCUT2D eigenvalue weighted by molar-refractivity contribution is 5.30. The third-order valence-electron chi connectivity index (χ3n) is 2.06. The molecule has 0 heterocycles. The van der Waals surface area contributed by atoms with Crippen molar-refractivity contribution in [1.82, 2.24) is 5.32 Å². The Morgan fingerprint density at radius 1 is 1.25 bits per heavy atom. The fourth-order valence-electron chi connectivity index (χ4n) is 1.30. The van der Waals surface area contributed by atoms with Crippen LogP contribution in [0, 0.1) is 13.8 Å². The highest BCUT2D eigenvalue weighted by atomic mass is 14.8. The van der Waals surface area contributed by atoms with Gasteiger partial charge in [-0.3, -0.25) is 0 Å². The molecule has 0 radical (unpaired) electrons. The molecule has 1 heteroatoms. The van der Waals surface area contributed by atoms with E-state index in [9.17, 15) is 0 Å². The predicted octanol–water partition coefficient (Wildman–Crippen LogP) is 2.41. The zero-order valence-corrected chi connectivity index (χ0v) is 8.15. The Morgan fingerprint density at radius 3 is 2.58 bits per heavy atom. The number of hydrogen-bond acceptors (Lipinski definition) is 1. The van der Waals surface area contributed by atoms with Crippen LogP contribution in [0.25, 0.3) is 0 Å². The van der Waals surface area contributed by atoms with Gasteiger partial charge in [0.15, 0.2) is 0 Å². The fraction of sp³-hybridized carbons (Fsp3) is 0.455. The van der Waals surface area contributed by atoms with E-state index in [1.807, 2.05) is 0 Å². The second kappa shape index (κ2) is 4.27. The molecule has 1 N–H and O–H groups in total. The van der Waals surface area contributed by atoms with Gasteiger partial charge < -0.3 is 5.32 Å². The zero-order chi connectivity index (χ0) is 8.97. The van der Waals surface area contributed by atoms with Gasteiger partial charge in [0.2, 0.25) is 0 Å². The number of aryl methyl sites for hydroxylation is 2. The molecule has 0 saturated carbocycles. The van der Waals surface area contributed by atoms with Crippen LogP contribution in [0.4, 0.5) is 0 Å². The normalized spacial score (nSPS) is 10.2. The molecule has 1 aromatic rings. The van der Waals surface area contributed by atoms with Crippen LogP contribution in [0.3, 0.4) is 0 Å². The average Bonchev–Trinajstić information content (AvgIpc) is 2.03. The molecule has 0 aliphatic carbocycles. The van der Waals surface area contributed by atoms with E-state index in [0.29, 0.717) is 0 Å². The SMILES string of the molecule is CCNCc1ccc(C)cc1C. The van der Waals surface area contributed by atoms with Crippen LogP contribution in [-0.2, 0) is 6.54 Å². The van der Waals surface area contributed by atoms with E-state index in [2.05, 4.69) is 44.3 Å². The van der Waals surface area contributed by atoms with Crippen molar-refractivity contribution in [3.8, 4) is 0 Å². The second-order valence-electron chi connectivity index (χ2n) is 3.21. The molecule has 66 valence electrons. The van der Waals surface area contributed by atoms with Crippen molar-refractivity contribution in [1.29, 1.82) is 0 Å². The molecule has 12 heavy (non-hydrogen) atoms. The van der Waals surface area contributed by atoms with Gasteiger partial charge in [0.25, 0.3) is 0 Å². The molecular weight excluding hydrogens is 146 g/mol. The average molecular weight is 163 g/mol. The first-order valence-electron chi connectivity index (χ1n) is 4.51. The van der Waals surface area contributed by atoms with Crippen molar-refractivity contribution >= 4 is 0 Å². The lowest BCUT2D eigenvalue weighted by molar-refractivity contribution is 0.723. The van der Waals surface area contributed by atoms with Gasteiger partial charge in [0.1, 0.15) is 0 Å². The summed E-state index contributed by atoms with van der Waals surface area (Å²) >= 11 is 0. The first-order chi connectivity index (χ1) is 5.74. The van der Waals surface area contributed by atoms with Gasteiger partial charge in [0, 0.05) is 6.54 Å². The fourth-order valence-corrected chi connectivity index (χ4v) is 1.30. The van der Waals surface area contributed by atoms with E-state index in [-0.39, 0.29) is 0 Å². The van der Waals surface area contributed by atoms with Crippen LogP contribution < -0.4 is 5.32 Å². The zero-order valence-electron chi connectivity index (χ0n) is 8.15. The van der Waals surface area contributed by atoms with E-state index >= 15 is 0 Å². The summed E-state index contributed by atoms with van der Waals surface area (Å²) < 4.78 is 0. The molecule has 0 fully saturated rings. The van der Waals surface area contributed by atoms with Gasteiger partial charge in [-0.15, -0.1) is 0 Å². The van der Waals surface area contributed by atoms with E-state index in [4.69, 9.17) is 0 Å². The Kier molecular flexibility index (Phi) is 3.30. The van der Waals surface area contributed by atoms with Crippen LogP contribution in [0.1, 0.15) is 23.6 Å². The summed E-state index contributed by atoms with van der Waals surface area (Å²) in [4.78, 5) is 0. The molecule has 1 nitrogen and oxygen atoms in total. The van der Waals surface area contributed by atoms with Crippen molar-refractivity contribution in [2.45, 2.75) is 27.3 Å². The molecule has 0 aliphatic rings. The summed E-state index contributed by atoms with van der Waals surface area (Å²) in [6.07, 6.45) is 0. The van der Waals surface area contributed by atoms with E-state index in [1.165, 1.54) is 16.7 Å². The molecule has 1 aromatic carbocycles. The predicted molar refractivity (Wildman–Crippen MR) is 53.3 cm³/mol. The van der Waals surface area contributed by atoms with Crippen molar-refractivity contribution < 1.29 is 0 Å². The quantitative estimate of drug-likeness (QED) is 0.721. The first kappa shape index (κ1) is 9.27. The summed E-state index contributed by atoms with van der Waals surface area (Å²) in [5.41, 5.74) is 4.13. The molecule has 0 bridgehead atoms. The van der Waals surface area contributed by atoms with Crippen molar-refractivity contribution in [3.05, 3.63) is 34.9 Å². The Morgan fingerprint density at radius 2 is 2.00 bits per heavy atom. The van der Waals surface area contributed by atoms with Crippen molar-refractivity contribution in [3.63, 3.8) is 0 Å². The third-order valence-corrected chi connectivity index (χ3v) is 2.06. The minimum atomic E-state index is 0.989. The van der Waals surface area contributed by atoms with Gasteiger partial charge in [-0.2, -0.15) is 0 Å². The van der Waals surface area contributed by atoms with Crippen LogP contribution >= 0.6 is 0 Å². The minimum Gasteiger partial charge on any atom is -0.313 e. The highest BCUT2D eigenvalue weighted by Crippen LogP contribution is 2.09. The lowest BCUT2D eigenvalue weighted by Gasteiger charge is -2.06. The molecule has 0 saturated heterocycles. The van der Waals surface area contributed by atoms with Gasteiger partial charge >= 0.3 is 0 Å². The molecule has 0 amide bonds. The van der Waals surface area contributed by atoms with Crippen LogP contribution in [-0.4, -0.2) is 6.54 Å². The number of hydrogen-bond donors (Lipinski definition) is 1. The Balaban J connectivity index is 2.72. The van der Waals surface area contributed by atoms with Gasteiger partial charge in [-0.05, 0) is 31.5 Å². The first-order valence-corrected chi connectivity index (χ1v) is 4.51. The maximum absolute atomic E-state index is 3.32. The molecule has 0 atom stereocenters. The molecule has 0 spiro atoms. The lowest BCUT2D eigenvalue weighted by Crippen LogP contribution is -2.12. The van der Waals surface area contributed by atoms with Crippen molar-refractivity contribution in [2.24, 2.45) is 0 Å². The van der Waals surface area contributed by atoms with E-state index < -0.39 is 0 Å². The van der Waals surface area contributed by atoms with E-state index in [0.717, 1.165) is 13.1 Å². The monoisotopic (exact) mass is 163 g/mol. The van der Waals surface area contributed by atoms with Crippen molar-refractivity contribution in [2.75, 3.05) is 6.54 Å². The van der Waals surface area contributed by atoms with Gasteiger partial charge in [-0.25, -0.2) is 0 Å². The summed E-state index contributed by atoms with van der Waals surface area (Å²) in [7, 11) is 0. The topological polar surface area (TPSA) is 12.0 Å².